The van der Waals surface area contributed by atoms with Gasteiger partial charge in [0.1, 0.15) is 0 Å². The highest BCUT2D eigenvalue weighted by Crippen LogP contribution is 2.24. The van der Waals surface area contributed by atoms with Crippen LogP contribution < -0.4 is 5.73 Å². The van der Waals surface area contributed by atoms with Crippen LogP contribution in [0.1, 0.15) is 0 Å². The smallest absolute Gasteiger partial charge is 0.399 e. The SMILES string of the molecule is Nc1ccc(S(=O)(=O)OC(F)(F)F)cc1. The van der Waals surface area contributed by atoms with Crippen molar-refractivity contribution < 1.29 is 25.8 Å². The molecule has 15 heavy (non-hydrogen) atoms. The van der Waals surface area contributed by atoms with E-state index in [1.54, 1.807) is 0 Å². The van der Waals surface area contributed by atoms with Crippen molar-refractivity contribution in [1.29, 1.82) is 0 Å². The van der Waals surface area contributed by atoms with Gasteiger partial charge in [0, 0.05) is 5.69 Å². The first-order chi connectivity index (χ1) is 6.71. The lowest BCUT2D eigenvalue weighted by Crippen LogP contribution is -2.19. The Kier molecular flexibility index (Phi) is 2.91. The van der Waals surface area contributed by atoms with Crippen LogP contribution in [0.25, 0.3) is 0 Å². The van der Waals surface area contributed by atoms with E-state index >= 15 is 0 Å². The van der Waals surface area contributed by atoms with E-state index in [-0.39, 0.29) is 5.69 Å². The molecule has 8 heteroatoms. The third-order valence-corrected chi connectivity index (χ3v) is 2.63. The molecule has 1 rings (SSSR count). The molecule has 0 unspecified atom stereocenters. The summed E-state index contributed by atoms with van der Waals surface area (Å²) >= 11 is 0. The van der Waals surface area contributed by atoms with Crippen molar-refractivity contribution in [3.63, 3.8) is 0 Å². The van der Waals surface area contributed by atoms with E-state index in [9.17, 15) is 21.6 Å². The lowest BCUT2D eigenvalue weighted by molar-refractivity contribution is -0.271. The molecular formula is C7H6F3NO3S. The van der Waals surface area contributed by atoms with Crippen LogP contribution in [0.2, 0.25) is 0 Å². The van der Waals surface area contributed by atoms with Gasteiger partial charge in [0.15, 0.2) is 0 Å². The molecule has 0 saturated heterocycles. The fourth-order valence-corrected chi connectivity index (χ4v) is 1.62. The van der Waals surface area contributed by atoms with Gasteiger partial charge in [-0.3, -0.25) is 0 Å². The first-order valence-corrected chi connectivity index (χ1v) is 4.99. The summed E-state index contributed by atoms with van der Waals surface area (Å²) in [7, 11) is -4.82. The second kappa shape index (κ2) is 3.70. The van der Waals surface area contributed by atoms with Gasteiger partial charge in [-0.2, -0.15) is 12.6 Å². The molecule has 2 N–H and O–H groups in total. The molecule has 0 aliphatic carbocycles. The summed E-state index contributed by atoms with van der Waals surface area (Å²) in [5.74, 6) is 0. The number of hydrogen-bond donors (Lipinski definition) is 1. The second-order valence-corrected chi connectivity index (χ2v) is 4.10. The van der Waals surface area contributed by atoms with Crippen molar-refractivity contribution in [3.05, 3.63) is 24.3 Å². The standard InChI is InChI=1S/C7H6F3NO3S/c8-7(9,10)14-15(12,13)6-3-1-5(11)2-4-6/h1-4H,11H2. The van der Waals surface area contributed by atoms with Crippen molar-refractivity contribution in [3.8, 4) is 0 Å². The minimum Gasteiger partial charge on any atom is -0.399 e. The van der Waals surface area contributed by atoms with Gasteiger partial charge in [-0.15, -0.1) is 13.2 Å². The molecule has 1 aromatic rings. The maximum Gasteiger partial charge on any atom is 0.537 e. The van der Waals surface area contributed by atoms with E-state index in [2.05, 4.69) is 4.18 Å². The molecule has 0 bridgehead atoms. The van der Waals surface area contributed by atoms with E-state index in [0.717, 1.165) is 24.3 Å². The molecule has 0 radical (unpaired) electrons. The maximum atomic E-state index is 11.7. The zero-order valence-electron chi connectivity index (χ0n) is 7.15. The molecule has 0 amide bonds. The molecule has 0 heterocycles. The van der Waals surface area contributed by atoms with Crippen LogP contribution in [0.3, 0.4) is 0 Å². The molecule has 84 valence electrons. The van der Waals surface area contributed by atoms with Crippen LogP contribution in [0.4, 0.5) is 18.9 Å². The Morgan fingerprint density at radius 3 is 2.00 bits per heavy atom. The lowest BCUT2D eigenvalue weighted by Gasteiger charge is -2.07. The van der Waals surface area contributed by atoms with E-state index in [1.165, 1.54) is 0 Å². The number of rotatable bonds is 2. The predicted octanol–water partition coefficient (Wildman–Crippen LogP) is 1.49. The number of nitrogens with two attached hydrogens (primary N) is 1. The highest BCUT2D eigenvalue weighted by molar-refractivity contribution is 7.86. The van der Waals surface area contributed by atoms with Crippen LogP contribution in [-0.4, -0.2) is 14.8 Å². The largest absolute Gasteiger partial charge is 0.537 e. The van der Waals surface area contributed by atoms with E-state index in [0.29, 0.717) is 0 Å². The monoisotopic (exact) mass is 241 g/mol. The average molecular weight is 241 g/mol. The Morgan fingerprint density at radius 1 is 1.13 bits per heavy atom. The number of hydrogen-bond acceptors (Lipinski definition) is 4. The molecule has 0 aliphatic heterocycles. The fraction of sp³-hybridized carbons (Fsp3) is 0.143. The summed E-state index contributed by atoms with van der Waals surface area (Å²) in [4.78, 5) is -0.603. The molecule has 0 fully saturated rings. The minimum atomic E-state index is -5.24. The first kappa shape index (κ1) is 11.8. The Labute approximate surface area is 83.6 Å². The third kappa shape index (κ3) is 3.40. The summed E-state index contributed by atoms with van der Waals surface area (Å²) in [6.45, 7) is 0. The van der Waals surface area contributed by atoms with Crippen molar-refractivity contribution >= 4 is 15.8 Å². The van der Waals surface area contributed by atoms with Gasteiger partial charge in [-0.25, -0.2) is 0 Å². The van der Waals surface area contributed by atoms with Gasteiger partial charge >= 0.3 is 16.5 Å². The van der Waals surface area contributed by atoms with Crippen LogP contribution in [-0.2, 0) is 14.3 Å². The van der Waals surface area contributed by atoms with Gasteiger partial charge in [-0.1, -0.05) is 0 Å². The molecule has 0 spiro atoms. The Morgan fingerprint density at radius 2 is 1.60 bits per heavy atom. The molecule has 0 atom stereocenters. The van der Waals surface area contributed by atoms with E-state index < -0.39 is 21.4 Å². The summed E-state index contributed by atoms with van der Waals surface area (Å²) in [5.41, 5.74) is 5.48. The summed E-state index contributed by atoms with van der Waals surface area (Å²) in [5, 5.41) is 0. The summed E-state index contributed by atoms with van der Waals surface area (Å²) in [6, 6.07) is 4.17. The minimum absolute atomic E-state index is 0.237. The zero-order valence-corrected chi connectivity index (χ0v) is 7.97. The van der Waals surface area contributed by atoms with Crippen molar-refractivity contribution in [2.24, 2.45) is 0 Å². The maximum absolute atomic E-state index is 11.7. The molecule has 4 nitrogen and oxygen atoms in total. The molecule has 1 aromatic carbocycles. The van der Waals surface area contributed by atoms with Crippen LogP contribution in [0.5, 0.6) is 0 Å². The second-order valence-electron chi connectivity index (χ2n) is 2.55. The van der Waals surface area contributed by atoms with Gasteiger partial charge in [0.05, 0.1) is 4.90 Å². The van der Waals surface area contributed by atoms with Gasteiger partial charge in [0.25, 0.3) is 0 Å². The van der Waals surface area contributed by atoms with E-state index in [1.807, 2.05) is 0 Å². The first-order valence-electron chi connectivity index (χ1n) is 3.59. The Balaban J connectivity index is 3.02. The Bertz CT molecular complexity index is 438. The van der Waals surface area contributed by atoms with Gasteiger partial charge in [-0.05, 0) is 24.3 Å². The topological polar surface area (TPSA) is 69.4 Å². The fourth-order valence-electron chi connectivity index (χ4n) is 0.807. The summed E-state index contributed by atoms with van der Waals surface area (Å²) in [6.07, 6.45) is -5.24. The Hall–Kier alpha value is -1.28. The normalized spacial score (nSPS) is 12.7. The number of halogens is 3. The number of anilines is 1. The number of benzene rings is 1. The average Bonchev–Trinajstić information content (AvgIpc) is 2.00. The number of nitrogen functional groups attached to an aromatic ring is 1. The van der Waals surface area contributed by atoms with E-state index in [4.69, 9.17) is 5.73 Å². The summed E-state index contributed by atoms with van der Waals surface area (Å²) < 4.78 is 60.0. The number of alkyl halides is 3. The van der Waals surface area contributed by atoms with Crippen LogP contribution in [0, 0.1) is 0 Å². The zero-order chi connectivity index (χ0) is 11.7. The quantitative estimate of drug-likeness (QED) is 0.629. The third-order valence-electron chi connectivity index (χ3n) is 1.37. The molecule has 0 saturated carbocycles. The van der Waals surface area contributed by atoms with Gasteiger partial charge in [0.2, 0.25) is 0 Å². The molecule has 0 aromatic heterocycles. The van der Waals surface area contributed by atoms with Crippen molar-refractivity contribution in [2.45, 2.75) is 11.3 Å². The van der Waals surface area contributed by atoms with Crippen LogP contribution in [0.15, 0.2) is 29.2 Å². The lowest BCUT2D eigenvalue weighted by atomic mass is 10.3. The van der Waals surface area contributed by atoms with Gasteiger partial charge < -0.3 is 5.73 Å². The van der Waals surface area contributed by atoms with Crippen LogP contribution >= 0.6 is 0 Å². The van der Waals surface area contributed by atoms with Crippen molar-refractivity contribution in [2.75, 3.05) is 5.73 Å². The predicted molar refractivity (Wildman–Crippen MR) is 45.2 cm³/mol. The highest BCUT2D eigenvalue weighted by atomic mass is 32.2. The highest BCUT2D eigenvalue weighted by Gasteiger charge is 2.37. The molecular weight excluding hydrogens is 235 g/mol. The molecule has 0 aliphatic rings. The van der Waals surface area contributed by atoms with Crippen molar-refractivity contribution in [1.82, 2.24) is 0 Å².